The molecule has 1 saturated heterocycles. The van der Waals surface area contributed by atoms with Crippen LogP contribution in [0.25, 0.3) is 10.2 Å². The highest BCUT2D eigenvalue weighted by Crippen LogP contribution is 2.25. The SMILES string of the molecule is COC(=O)Cn1c(=NC(=O)c2ccc(S(=O)(=O)N3CCCC(C)C3)cc2)sc2cc(C(C)C)ccc21. The monoisotopic (exact) mass is 529 g/mol. The van der Waals surface area contributed by atoms with Gasteiger partial charge in [-0.05, 0) is 66.6 Å². The second-order valence-corrected chi connectivity index (χ2v) is 12.4. The lowest BCUT2D eigenvalue weighted by Gasteiger charge is -2.30. The Labute approximate surface area is 215 Å². The molecule has 1 aromatic heterocycles. The second-order valence-electron chi connectivity index (χ2n) is 9.48. The number of piperidine rings is 1. The fourth-order valence-corrected chi connectivity index (χ4v) is 6.99. The molecule has 1 fully saturated rings. The van der Waals surface area contributed by atoms with Crippen molar-refractivity contribution in [1.82, 2.24) is 8.87 Å². The number of fused-ring (bicyclic) bond motifs is 1. The molecule has 2 aromatic carbocycles. The number of nitrogens with zero attached hydrogens (tertiary/aromatic N) is 3. The van der Waals surface area contributed by atoms with E-state index in [4.69, 9.17) is 4.74 Å². The Balaban J connectivity index is 1.67. The van der Waals surface area contributed by atoms with E-state index in [0.717, 1.165) is 28.6 Å². The zero-order chi connectivity index (χ0) is 26.0. The predicted molar refractivity (Wildman–Crippen MR) is 139 cm³/mol. The van der Waals surface area contributed by atoms with Crippen LogP contribution in [0.5, 0.6) is 0 Å². The molecule has 0 radical (unpaired) electrons. The van der Waals surface area contributed by atoms with Crippen molar-refractivity contribution in [3.63, 3.8) is 0 Å². The number of carbonyl (C=O) groups excluding carboxylic acids is 2. The van der Waals surface area contributed by atoms with Crippen LogP contribution in [-0.4, -0.2) is 49.4 Å². The summed E-state index contributed by atoms with van der Waals surface area (Å²) in [5, 5.41) is 0. The highest BCUT2D eigenvalue weighted by Gasteiger charge is 2.28. The van der Waals surface area contributed by atoms with Gasteiger partial charge < -0.3 is 9.30 Å². The largest absolute Gasteiger partial charge is 0.468 e. The first-order chi connectivity index (χ1) is 17.1. The Morgan fingerprint density at radius 3 is 2.53 bits per heavy atom. The number of thiazole rings is 1. The standard InChI is InChI=1S/C26H31N3O5S2/c1-17(2)20-9-12-22-23(14-20)35-26(29(22)16-24(30)34-4)27-25(31)19-7-10-21(11-8-19)36(32,33)28-13-5-6-18(3)15-28/h7-12,14,17-18H,5-6,13,15-16H2,1-4H3. The van der Waals surface area contributed by atoms with Crippen LogP contribution in [0.15, 0.2) is 52.4 Å². The van der Waals surface area contributed by atoms with Crippen LogP contribution < -0.4 is 4.80 Å². The van der Waals surface area contributed by atoms with Gasteiger partial charge in [0, 0.05) is 18.7 Å². The van der Waals surface area contributed by atoms with Crippen LogP contribution in [0.2, 0.25) is 0 Å². The Hall–Kier alpha value is -2.82. The fourth-order valence-electron chi connectivity index (χ4n) is 4.32. The van der Waals surface area contributed by atoms with Crippen molar-refractivity contribution in [2.24, 2.45) is 10.9 Å². The lowest BCUT2D eigenvalue weighted by atomic mass is 10.0. The summed E-state index contributed by atoms with van der Waals surface area (Å²) in [7, 11) is -2.29. The molecule has 10 heteroatoms. The number of ether oxygens (including phenoxy) is 1. The third-order valence-corrected chi connectivity index (χ3v) is 9.36. The fraction of sp³-hybridized carbons (Fsp3) is 0.423. The van der Waals surface area contributed by atoms with E-state index in [-0.39, 0.29) is 17.0 Å². The lowest BCUT2D eigenvalue weighted by molar-refractivity contribution is -0.141. The average Bonchev–Trinajstić information content (AvgIpc) is 3.19. The number of rotatable bonds is 6. The molecule has 1 unspecified atom stereocenters. The molecule has 8 nitrogen and oxygen atoms in total. The quantitative estimate of drug-likeness (QED) is 0.447. The van der Waals surface area contributed by atoms with Gasteiger partial charge in [0.25, 0.3) is 5.91 Å². The minimum atomic E-state index is -3.61. The summed E-state index contributed by atoms with van der Waals surface area (Å²) >= 11 is 1.32. The predicted octanol–water partition coefficient (Wildman–Crippen LogP) is 4.16. The van der Waals surface area contributed by atoms with E-state index in [0.29, 0.717) is 29.7 Å². The molecular weight excluding hydrogens is 498 g/mol. The minimum absolute atomic E-state index is 0.0743. The van der Waals surface area contributed by atoms with Crippen molar-refractivity contribution in [1.29, 1.82) is 0 Å². The van der Waals surface area contributed by atoms with E-state index in [1.165, 1.54) is 47.0 Å². The molecule has 2 heterocycles. The van der Waals surface area contributed by atoms with Crippen molar-refractivity contribution in [2.75, 3.05) is 20.2 Å². The van der Waals surface area contributed by atoms with Crippen LogP contribution >= 0.6 is 11.3 Å². The summed E-state index contributed by atoms with van der Waals surface area (Å²) in [4.78, 5) is 29.9. The highest BCUT2D eigenvalue weighted by molar-refractivity contribution is 7.89. The number of benzene rings is 2. The normalized spacial score (nSPS) is 17.6. The minimum Gasteiger partial charge on any atom is -0.468 e. The number of aromatic nitrogens is 1. The van der Waals surface area contributed by atoms with Gasteiger partial charge in [-0.25, -0.2) is 8.42 Å². The molecule has 0 aliphatic carbocycles. The van der Waals surface area contributed by atoms with Crippen LogP contribution in [0.4, 0.5) is 0 Å². The summed E-state index contributed by atoms with van der Waals surface area (Å²) in [6, 6.07) is 11.9. The van der Waals surface area contributed by atoms with Gasteiger partial charge in [-0.15, -0.1) is 0 Å². The zero-order valence-electron chi connectivity index (χ0n) is 20.9. The number of methoxy groups -OCH3 is 1. The maximum Gasteiger partial charge on any atom is 0.325 e. The van der Waals surface area contributed by atoms with Crippen molar-refractivity contribution >= 4 is 43.5 Å². The van der Waals surface area contributed by atoms with E-state index in [9.17, 15) is 18.0 Å². The Morgan fingerprint density at radius 2 is 1.89 bits per heavy atom. The van der Waals surface area contributed by atoms with Crippen LogP contribution in [-0.2, 0) is 26.1 Å². The van der Waals surface area contributed by atoms with Crippen LogP contribution in [0.1, 0.15) is 55.5 Å². The number of hydrogen-bond acceptors (Lipinski definition) is 6. The molecule has 1 aliphatic heterocycles. The van der Waals surface area contributed by atoms with Crippen molar-refractivity contribution in [3.05, 3.63) is 58.4 Å². The van der Waals surface area contributed by atoms with Gasteiger partial charge in [-0.1, -0.05) is 38.2 Å². The summed E-state index contributed by atoms with van der Waals surface area (Å²) in [5.41, 5.74) is 2.20. The Bertz CT molecular complexity index is 1450. The van der Waals surface area contributed by atoms with Crippen LogP contribution in [0.3, 0.4) is 0 Å². The zero-order valence-corrected chi connectivity index (χ0v) is 22.6. The Kier molecular flexibility index (Phi) is 7.77. The molecule has 192 valence electrons. The summed E-state index contributed by atoms with van der Waals surface area (Å²) < 4.78 is 35.0. The topological polar surface area (TPSA) is 98.0 Å². The summed E-state index contributed by atoms with van der Waals surface area (Å²) in [6.07, 6.45) is 1.86. The van der Waals surface area contributed by atoms with E-state index in [2.05, 4.69) is 25.8 Å². The lowest BCUT2D eigenvalue weighted by Crippen LogP contribution is -2.39. The number of hydrogen-bond donors (Lipinski definition) is 0. The molecule has 0 saturated carbocycles. The van der Waals surface area contributed by atoms with Gasteiger partial charge in [0.2, 0.25) is 10.0 Å². The van der Waals surface area contributed by atoms with E-state index >= 15 is 0 Å². The first-order valence-corrected chi connectivity index (χ1v) is 14.2. The van der Waals surface area contributed by atoms with Crippen molar-refractivity contribution in [3.8, 4) is 0 Å². The molecule has 4 rings (SSSR count). The van der Waals surface area contributed by atoms with Crippen LogP contribution in [0, 0.1) is 5.92 Å². The second kappa shape index (κ2) is 10.7. The third-order valence-electron chi connectivity index (χ3n) is 6.44. The molecule has 1 amide bonds. The maximum absolute atomic E-state index is 13.0. The Morgan fingerprint density at radius 1 is 1.17 bits per heavy atom. The average molecular weight is 530 g/mol. The van der Waals surface area contributed by atoms with Crippen molar-refractivity contribution < 1.29 is 22.7 Å². The smallest absolute Gasteiger partial charge is 0.325 e. The van der Waals surface area contributed by atoms with Gasteiger partial charge in [0.15, 0.2) is 4.80 Å². The van der Waals surface area contributed by atoms with Gasteiger partial charge in [-0.2, -0.15) is 9.30 Å². The van der Waals surface area contributed by atoms with Crippen molar-refractivity contribution in [2.45, 2.75) is 51.0 Å². The molecule has 3 aromatic rings. The van der Waals surface area contributed by atoms with Gasteiger partial charge in [0.05, 0.1) is 22.2 Å². The molecule has 1 atom stereocenters. The molecule has 1 aliphatic rings. The number of carbonyl (C=O) groups is 2. The van der Waals surface area contributed by atoms with Gasteiger partial charge in [-0.3, -0.25) is 9.59 Å². The number of esters is 1. The van der Waals surface area contributed by atoms with E-state index in [1.807, 2.05) is 18.2 Å². The summed E-state index contributed by atoms with van der Waals surface area (Å²) in [6.45, 7) is 7.18. The van der Waals surface area contributed by atoms with Gasteiger partial charge >= 0.3 is 5.97 Å². The molecular formula is C26H31N3O5S2. The summed E-state index contributed by atoms with van der Waals surface area (Å²) in [5.74, 6) is -0.309. The molecule has 0 spiro atoms. The molecule has 0 bridgehead atoms. The number of sulfonamides is 1. The first-order valence-electron chi connectivity index (χ1n) is 12.0. The molecule has 0 N–H and O–H groups in total. The van der Waals surface area contributed by atoms with E-state index in [1.54, 1.807) is 4.57 Å². The maximum atomic E-state index is 13.0. The number of amides is 1. The third kappa shape index (κ3) is 5.45. The van der Waals surface area contributed by atoms with Gasteiger partial charge in [0.1, 0.15) is 6.54 Å². The van der Waals surface area contributed by atoms with E-state index < -0.39 is 21.9 Å². The first kappa shape index (κ1) is 26.2. The molecule has 36 heavy (non-hydrogen) atoms. The highest BCUT2D eigenvalue weighted by atomic mass is 32.2.